The van der Waals surface area contributed by atoms with Crippen molar-refractivity contribution in [1.29, 1.82) is 0 Å². The first-order valence-corrected chi connectivity index (χ1v) is 12.3. The van der Waals surface area contributed by atoms with Gasteiger partial charge in [-0.15, -0.1) is 0 Å². The third kappa shape index (κ3) is 2.85. The minimum Gasteiger partial charge on any atom is -0.349 e. The van der Waals surface area contributed by atoms with Crippen molar-refractivity contribution in [3.05, 3.63) is 99.5 Å². The van der Waals surface area contributed by atoms with Gasteiger partial charge in [0.15, 0.2) is 0 Å². The van der Waals surface area contributed by atoms with Gasteiger partial charge in [0.25, 0.3) is 0 Å². The van der Waals surface area contributed by atoms with Crippen LogP contribution < -0.4 is 4.90 Å². The summed E-state index contributed by atoms with van der Waals surface area (Å²) >= 11 is 3.41. The predicted molar refractivity (Wildman–Crippen MR) is 131 cm³/mol. The maximum Gasteiger partial charge on any atom is 0.241 e. The molecule has 2 heterocycles. The average Bonchev–Trinajstić information content (AvgIpc) is 3.44. The van der Waals surface area contributed by atoms with Crippen molar-refractivity contribution in [1.82, 2.24) is 0 Å². The Hall–Kier alpha value is -3.42. The number of ketones is 2. The van der Waals surface area contributed by atoms with Crippen LogP contribution in [0, 0.1) is 11.8 Å². The number of hydrogen-bond donors (Lipinski definition) is 0. The van der Waals surface area contributed by atoms with Crippen molar-refractivity contribution >= 4 is 45.0 Å². The molecule has 0 aromatic heterocycles. The number of para-hydroxylation sites is 1. The number of imide groups is 1. The number of hydrogen-bond acceptors (Lipinski definition) is 5. The predicted octanol–water partition coefficient (Wildman–Crippen LogP) is 4.71. The van der Waals surface area contributed by atoms with E-state index < -0.39 is 46.9 Å². The molecular formula is C28H20BrNO5. The fourth-order valence-corrected chi connectivity index (χ4v) is 6.00. The molecule has 1 spiro atoms. The van der Waals surface area contributed by atoms with E-state index in [-0.39, 0.29) is 11.1 Å². The lowest BCUT2D eigenvalue weighted by Crippen LogP contribution is -2.51. The van der Waals surface area contributed by atoms with E-state index in [4.69, 9.17) is 4.74 Å². The van der Waals surface area contributed by atoms with E-state index >= 15 is 0 Å². The lowest BCUT2D eigenvalue weighted by molar-refractivity contribution is -0.127. The van der Waals surface area contributed by atoms with Crippen LogP contribution >= 0.6 is 15.9 Å². The highest BCUT2D eigenvalue weighted by Gasteiger charge is 2.74. The van der Waals surface area contributed by atoms with Crippen LogP contribution in [0.1, 0.15) is 44.9 Å². The number of amides is 2. The van der Waals surface area contributed by atoms with Crippen molar-refractivity contribution in [2.24, 2.45) is 11.8 Å². The van der Waals surface area contributed by atoms with Crippen LogP contribution in [0.5, 0.6) is 0 Å². The Morgan fingerprint density at radius 3 is 2.06 bits per heavy atom. The molecule has 7 heteroatoms. The molecule has 0 saturated carbocycles. The zero-order valence-electron chi connectivity index (χ0n) is 18.7. The van der Waals surface area contributed by atoms with Gasteiger partial charge < -0.3 is 4.74 Å². The van der Waals surface area contributed by atoms with Gasteiger partial charge in [0.05, 0.1) is 23.6 Å². The van der Waals surface area contributed by atoms with Gasteiger partial charge in [-0.2, -0.15) is 0 Å². The lowest BCUT2D eigenvalue weighted by Gasteiger charge is -2.28. The number of carbonyl (C=O) groups excluding carboxylic acids is 4. The number of aryl methyl sites for hydroxylation is 1. The van der Waals surface area contributed by atoms with Crippen molar-refractivity contribution < 1.29 is 23.9 Å². The average molecular weight is 530 g/mol. The van der Waals surface area contributed by atoms with Crippen LogP contribution in [0.4, 0.5) is 5.69 Å². The van der Waals surface area contributed by atoms with Crippen LogP contribution in [0.3, 0.4) is 0 Å². The Kier molecular flexibility index (Phi) is 4.92. The summed E-state index contributed by atoms with van der Waals surface area (Å²) in [6.07, 6.45) is -0.311. The van der Waals surface area contributed by atoms with Crippen molar-refractivity contribution in [3.8, 4) is 0 Å². The molecule has 6 nitrogen and oxygen atoms in total. The second-order valence-electron chi connectivity index (χ2n) is 9.03. The van der Waals surface area contributed by atoms with Gasteiger partial charge in [-0.1, -0.05) is 77.5 Å². The number of Topliss-reactive ketones (excluding diaryl/α,β-unsaturated/α-hetero) is 2. The van der Waals surface area contributed by atoms with Crippen molar-refractivity contribution in [3.63, 3.8) is 0 Å². The molecule has 3 aromatic rings. The quantitative estimate of drug-likeness (QED) is 0.362. The summed E-state index contributed by atoms with van der Waals surface area (Å²) in [5.41, 5.74) is 0.328. The minimum atomic E-state index is -2.06. The molecule has 2 aliphatic heterocycles. The third-order valence-corrected chi connectivity index (χ3v) is 7.86. The molecule has 2 fully saturated rings. The molecule has 174 valence electrons. The Bertz CT molecular complexity index is 1390. The third-order valence-electron chi connectivity index (χ3n) is 7.33. The van der Waals surface area contributed by atoms with E-state index in [1.807, 2.05) is 19.1 Å². The maximum atomic E-state index is 14.0. The van der Waals surface area contributed by atoms with Gasteiger partial charge in [-0.25, -0.2) is 4.90 Å². The van der Waals surface area contributed by atoms with Crippen molar-refractivity contribution in [2.75, 3.05) is 4.90 Å². The van der Waals surface area contributed by atoms with E-state index in [0.29, 0.717) is 17.7 Å². The molecule has 2 saturated heterocycles. The number of anilines is 1. The Morgan fingerprint density at radius 1 is 0.829 bits per heavy atom. The number of benzene rings is 3. The first kappa shape index (κ1) is 22.1. The molecule has 2 amide bonds. The molecule has 0 unspecified atom stereocenters. The smallest absolute Gasteiger partial charge is 0.241 e. The largest absolute Gasteiger partial charge is 0.349 e. The van der Waals surface area contributed by atoms with Crippen LogP contribution in [0.15, 0.2) is 77.3 Å². The maximum absolute atomic E-state index is 14.0. The van der Waals surface area contributed by atoms with Crippen LogP contribution in [-0.2, 0) is 20.7 Å². The number of fused-ring (bicyclic) bond motifs is 3. The van der Waals surface area contributed by atoms with Crippen molar-refractivity contribution in [2.45, 2.75) is 25.0 Å². The molecule has 0 bridgehead atoms. The molecule has 3 aromatic carbocycles. The van der Waals surface area contributed by atoms with Crippen LogP contribution in [-0.4, -0.2) is 29.0 Å². The number of ether oxygens (including phenoxy) is 1. The van der Waals surface area contributed by atoms with Gasteiger partial charge in [0, 0.05) is 15.6 Å². The summed E-state index contributed by atoms with van der Waals surface area (Å²) < 4.78 is 7.14. The topological polar surface area (TPSA) is 80.8 Å². The zero-order valence-corrected chi connectivity index (χ0v) is 20.3. The van der Waals surface area contributed by atoms with Crippen LogP contribution in [0.25, 0.3) is 0 Å². The summed E-state index contributed by atoms with van der Waals surface area (Å²) in [4.78, 5) is 56.7. The highest BCUT2D eigenvalue weighted by molar-refractivity contribution is 9.10. The van der Waals surface area contributed by atoms with E-state index in [2.05, 4.69) is 15.9 Å². The van der Waals surface area contributed by atoms with Gasteiger partial charge >= 0.3 is 0 Å². The van der Waals surface area contributed by atoms with E-state index in [0.717, 1.165) is 14.9 Å². The number of nitrogens with zero attached hydrogens (tertiary/aromatic N) is 1. The molecule has 6 rings (SSSR count). The summed E-state index contributed by atoms with van der Waals surface area (Å²) in [5, 5.41) is 0. The summed E-state index contributed by atoms with van der Waals surface area (Å²) in [6.45, 7) is 1.95. The molecule has 3 aliphatic rings. The van der Waals surface area contributed by atoms with Gasteiger partial charge in [-0.05, 0) is 35.7 Å². The Labute approximate surface area is 210 Å². The minimum absolute atomic E-state index is 0.223. The fourth-order valence-electron chi connectivity index (χ4n) is 5.74. The number of halogens is 1. The monoisotopic (exact) mass is 529 g/mol. The summed E-state index contributed by atoms with van der Waals surface area (Å²) in [6, 6.07) is 20.9. The number of rotatable bonds is 3. The van der Waals surface area contributed by atoms with Gasteiger partial charge in [-0.3, -0.25) is 19.2 Å². The highest BCUT2D eigenvalue weighted by atomic mass is 79.9. The van der Waals surface area contributed by atoms with Gasteiger partial charge in [0.1, 0.15) is 0 Å². The Balaban J connectivity index is 1.55. The highest BCUT2D eigenvalue weighted by Crippen LogP contribution is 2.57. The number of carbonyl (C=O) groups is 4. The van der Waals surface area contributed by atoms with E-state index in [1.54, 1.807) is 60.7 Å². The first-order valence-electron chi connectivity index (χ1n) is 11.5. The summed E-state index contributed by atoms with van der Waals surface area (Å²) in [7, 11) is 0. The van der Waals surface area contributed by atoms with Gasteiger partial charge in [0.2, 0.25) is 29.0 Å². The zero-order chi connectivity index (χ0) is 24.5. The standard InChI is InChI=1S/C28H20BrNO5/c1-2-15-7-3-6-10-20(15)30-26(33)21-22(27(30)34)28(35-23(21)16-11-13-17(29)14-12-16)24(31)18-8-4-5-9-19(18)25(28)32/h3-14,21-23H,2H2,1H3/t21-,22-,23+/m0/s1. The van der Waals surface area contributed by atoms with Crippen LogP contribution in [0.2, 0.25) is 0 Å². The normalized spacial score (nSPS) is 24.4. The molecule has 1 aliphatic carbocycles. The second-order valence-corrected chi connectivity index (χ2v) is 9.94. The summed E-state index contributed by atoms with van der Waals surface area (Å²) in [5.74, 6) is -4.40. The molecule has 35 heavy (non-hydrogen) atoms. The Morgan fingerprint density at radius 2 is 1.43 bits per heavy atom. The van der Waals surface area contributed by atoms with E-state index in [1.165, 1.54) is 0 Å². The molecule has 0 radical (unpaired) electrons. The van der Waals surface area contributed by atoms with E-state index in [9.17, 15) is 19.2 Å². The molecule has 0 N–H and O–H groups in total. The lowest BCUT2D eigenvalue weighted by atomic mass is 9.77. The SMILES string of the molecule is CCc1ccccc1N1C(=O)[C@@H]2[C@@H](c3ccc(Br)cc3)OC3(C(=O)c4ccccc4C3=O)[C@@H]2C1=O. The molecule has 3 atom stereocenters. The fraction of sp³-hybridized carbons (Fsp3) is 0.214. The molecular weight excluding hydrogens is 510 g/mol. The second kappa shape index (κ2) is 7.80. The first-order chi connectivity index (χ1) is 16.9.